The average Bonchev–Trinajstić information content (AvgIpc) is 2.49. The molecule has 0 unspecified atom stereocenters. The van der Waals surface area contributed by atoms with Crippen LogP contribution in [0.15, 0.2) is 18.3 Å². The summed E-state index contributed by atoms with van der Waals surface area (Å²) in [7, 11) is 0. The first-order chi connectivity index (χ1) is 6.31. The van der Waals surface area contributed by atoms with Crippen LogP contribution in [0.25, 0.3) is 5.65 Å². The van der Waals surface area contributed by atoms with Gasteiger partial charge in [0.15, 0.2) is 5.65 Å². The predicted octanol–water partition coefficient (Wildman–Crippen LogP) is 2.25. The zero-order valence-corrected chi connectivity index (χ0v) is 8.64. The van der Waals surface area contributed by atoms with Crippen LogP contribution >= 0.6 is 23.4 Å². The fourth-order valence-corrected chi connectivity index (χ4v) is 1.75. The average molecular weight is 214 g/mol. The Kier molecular flexibility index (Phi) is 2.42. The summed E-state index contributed by atoms with van der Waals surface area (Å²) in [6.45, 7) is 0. The molecule has 2 aromatic rings. The third kappa shape index (κ3) is 1.64. The van der Waals surface area contributed by atoms with Gasteiger partial charge in [0.2, 0.25) is 0 Å². The van der Waals surface area contributed by atoms with Crippen LogP contribution in [0.2, 0.25) is 5.02 Å². The molecule has 3 nitrogen and oxygen atoms in total. The van der Waals surface area contributed by atoms with E-state index >= 15 is 0 Å². The van der Waals surface area contributed by atoms with Gasteiger partial charge in [0.1, 0.15) is 5.82 Å². The van der Waals surface area contributed by atoms with Gasteiger partial charge in [-0.2, -0.15) is 11.8 Å². The molecule has 0 aliphatic rings. The Morgan fingerprint density at radius 2 is 2.38 bits per heavy atom. The van der Waals surface area contributed by atoms with Gasteiger partial charge in [-0.25, -0.2) is 0 Å². The third-order valence-electron chi connectivity index (χ3n) is 1.72. The van der Waals surface area contributed by atoms with Crippen molar-refractivity contribution in [3.8, 4) is 0 Å². The first-order valence-corrected chi connectivity index (χ1v) is 5.56. The number of nitrogens with zero attached hydrogens (tertiary/aromatic N) is 3. The Labute approximate surface area is 85.1 Å². The Morgan fingerprint density at radius 3 is 3.15 bits per heavy atom. The zero-order valence-electron chi connectivity index (χ0n) is 7.07. The van der Waals surface area contributed by atoms with Gasteiger partial charge in [-0.3, -0.25) is 4.40 Å². The summed E-state index contributed by atoms with van der Waals surface area (Å²) in [4.78, 5) is 0. The van der Waals surface area contributed by atoms with E-state index < -0.39 is 0 Å². The molecule has 0 aromatic carbocycles. The smallest absolute Gasteiger partial charge is 0.162 e. The van der Waals surface area contributed by atoms with Crippen LogP contribution in [0.5, 0.6) is 0 Å². The minimum atomic E-state index is 0.690. The summed E-state index contributed by atoms with van der Waals surface area (Å²) in [6, 6.07) is 3.64. The summed E-state index contributed by atoms with van der Waals surface area (Å²) in [5, 5.41) is 8.76. The molecule has 0 amide bonds. The molecule has 0 saturated carbocycles. The highest BCUT2D eigenvalue weighted by atomic mass is 35.5. The number of pyridine rings is 1. The van der Waals surface area contributed by atoms with Crippen LogP contribution in [-0.4, -0.2) is 20.9 Å². The molecule has 2 aromatic heterocycles. The van der Waals surface area contributed by atoms with Crippen molar-refractivity contribution in [1.82, 2.24) is 14.6 Å². The first-order valence-electron chi connectivity index (χ1n) is 3.79. The van der Waals surface area contributed by atoms with Gasteiger partial charge in [-0.05, 0) is 12.3 Å². The maximum Gasteiger partial charge on any atom is 0.162 e. The summed E-state index contributed by atoms with van der Waals surface area (Å²) in [6.07, 6.45) is 3.93. The standard InChI is InChI=1S/C8H8ClN3S/c1-13-5-8-11-10-7-4-6(9)2-3-12(7)8/h2-4H,5H2,1H3. The number of halogens is 1. The largest absolute Gasteiger partial charge is 0.286 e. The Balaban J connectivity index is 2.55. The predicted molar refractivity (Wildman–Crippen MR) is 55.2 cm³/mol. The van der Waals surface area contributed by atoms with E-state index in [-0.39, 0.29) is 0 Å². The molecule has 0 fully saturated rings. The van der Waals surface area contributed by atoms with Crippen molar-refractivity contribution in [2.75, 3.05) is 6.26 Å². The summed E-state index contributed by atoms with van der Waals surface area (Å²) >= 11 is 7.54. The maximum absolute atomic E-state index is 5.82. The molecule has 2 heterocycles. The van der Waals surface area contributed by atoms with Gasteiger partial charge >= 0.3 is 0 Å². The Morgan fingerprint density at radius 1 is 1.54 bits per heavy atom. The third-order valence-corrected chi connectivity index (χ3v) is 2.50. The van der Waals surface area contributed by atoms with Gasteiger partial charge < -0.3 is 0 Å². The summed E-state index contributed by atoms with van der Waals surface area (Å²) < 4.78 is 1.95. The second-order valence-corrected chi connectivity index (χ2v) is 3.92. The number of rotatable bonds is 2. The molecular formula is C8H8ClN3S. The normalized spacial score (nSPS) is 10.9. The monoisotopic (exact) mass is 213 g/mol. The molecule has 13 heavy (non-hydrogen) atoms. The highest BCUT2D eigenvalue weighted by Gasteiger charge is 2.03. The van der Waals surface area contributed by atoms with Crippen molar-refractivity contribution in [1.29, 1.82) is 0 Å². The van der Waals surface area contributed by atoms with Gasteiger partial charge in [0.25, 0.3) is 0 Å². The van der Waals surface area contributed by atoms with E-state index in [1.807, 2.05) is 22.9 Å². The number of fused-ring (bicyclic) bond motifs is 1. The van der Waals surface area contributed by atoms with E-state index in [0.29, 0.717) is 5.02 Å². The van der Waals surface area contributed by atoms with Crippen molar-refractivity contribution >= 4 is 29.0 Å². The fraction of sp³-hybridized carbons (Fsp3) is 0.250. The lowest BCUT2D eigenvalue weighted by molar-refractivity contribution is 0.991. The van der Waals surface area contributed by atoms with E-state index in [0.717, 1.165) is 17.2 Å². The van der Waals surface area contributed by atoms with Crippen molar-refractivity contribution in [3.63, 3.8) is 0 Å². The minimum absolute atomic E-state index is 0.690. The number of hydrogen-bond acceptors (Lipinski definition) is 3. The Bertz CT molecular complexity index is 426. The molecule has 0 aliphatic heterocycles. The molecule has 2 rings (SSSR count). The lowest BCUT2D eigenvalue weighted by atomic mass is 10.5. The molecule has 0 saturated heterocycles. The SMILES string of the molecule is CSCc1nnc2cc(Cl)ccn12. The van der Waals surface area contributed by atoms with Crippen LogP contribution in [-0.2, 0) is 5.75 Å². The molecule has 0 aliphatic carbocycles. The van der Waals surface area contributed by atoms with E-state index in [9.17, 15) is 0 Å². The van der Waals surface area contributed by atoms with Crippen LogP contribution < -0.4 is 0 Å². The highest BCUT2D eigenvalue weighted by Crippen LogP contribution is 2.13. The topological polar surface area (TPSA) is 30.2 Å². The van der Waals surface area contributed by atoms with Gasteiger partial charge in [0.05, 0.1) is 5.75 Å². The molecule has 0 bridgehead atoms. The minimum Gasteiger partial charge on any atom is -0.286 e. The van der Waals surface area contributed by atoms with Crippen LogP contribution in [0, 0.1) is 0 Å². The lowest BCUT2D eigenvalue weighted by Gasteiger charge is -1.96. The molecule has 68 valence electrons. The second-order valence-electron chi connectivity index (χ2n) is 2.62. The van der Waals surface area contributed by atoms with E-state index in [2.05, 4.69) is 10.2 Å². The number of thioether (sulfide) groups is 1. The molecule has 0 radical (unpaired) electrons. The number of hydrogen-bond donors (Lipinski definition) is 0. The van der Waals surface area contributed by atoms with Gasteiger partial charge in [-0.1, -0.05) is 11.6 Å². The van der Waals surface area contributed by atoms with Gasteiger partial charge in [-0.15, -0.1) is 10.2 Å². The quantitative estimate of drug-likeness (QED) is 0.767. The molecular weight excluding hydrogens is 206 g/mol. The van der Waals surface area contributed by atoms with E-state index in [1.165, 1.54) is 0 Å². The first kappa shape index (κ1) is 8.84. The van der Waals surface area contributed by atoms with Crippen molar-refractivity contribution in [2.45, 2.75) is 5.75 Å². The van der Waals surface area contributed by atoms with Crippen LogP contribution in [0.4, 0.5) is 0 Å². The molecule has 0 spiro atoms. The lowest BCUT2D eigenvalue weighted by Crippen LogP contribution is -1.90. The molecule has 0 atom stereocenters. The van der Waals surface area contributed by atoms with Crippen molar-refractivity contribution < 1.29 is 0 Å². The summed E-state index contributed by atoms with van der Waals surface area (Å²) in [5.41, 5.74) is 0.802. The zero-order chi connectivity index (χ0) is 9.26. The molecule has 0 N–H and O–H groups in total. The fourth-order valence-electron chi connectivity index (χ4n) is 1.14. The maximum atomic E-state index is 5.82. The highest BCUT2D eigenvalue weighted by molar-refractivity contribution is 7.97. The summed E-state index contributed by atoms with van der Waals surface area (Å²) in [5.74, 6) is 1.82. The van der Waals surface area contributed by atoms with E-state index in [1.54, 1.807) is 17.8 Å². The Hall–Kier alpha value is -0.740. The van der Waals surface area contributed by atoms with Crippen molar-refractivity contribution in [2.24, 2.45) is 0 Å². The van der Waals surface area contributed by atoms with Crippen LogP contribution in [0.3, 0.4) is 0 Å². The second kappa shape index (κ2) is 3.55. The van der Waals surface area contributed by atoms with Crippen molar-refractivity contribution in [3.05, 3.63) is 29.2 Å². The van der Waals surface area contributed by atoms with E-state index in [4.69, 9.17) is 11.6 Å². The molecule has 5 heteroatoms. The number of aromatic nitrogens is 3. The van der Waals surface area contributed by atoms with Gasteiger partial charge in [0, 0.05) is 17.3 Å². The van der Waals surface area contributed by atoms with Crippen LogP contribution in [0.1, 0.15) is 5.82 Å².